The highest BCUT2D eigenvalue weighted by atomic mass is 35.5. The Hall–Kier alpha value is -3.68. The van der Waals surface area contributed by atoms with Gasteiger partial charge in [-0.25, -0.2) is 14.7 Å². The molecule has 1 aliphatic rings. The highest BCUT2D eigenvalue weighted by Crippen LogP contribution is 2.41. The van der Waals surface area contributed by atoms with Crippen molar-refractivity contribution in [1.29, 1.82) is 0 Å². The first-order valence-corrected chi connectivity index (χ1v) is 10.5. The predicted octanol–water partition coefficient (Wildman–Crippen LogP) is 6.20. The maximum atomic E-state index is 13.7. The Bertz CT molecular complexity index is 1270. The third-order valence-electron chi connectivity index (χ3n) is 4.96. The van der Waals surface area contributed by atoms with Crippen molar-refractivity contribution in [3.63, 3.8) is 0 Å². The summed E-state index contributed by atoms with van der Waals surface area (Å²) in [6.45, 7) is 0.233. The van der Waals surface area contributed by atoms with Crippen LogP contribution in [0.15, 0.2) is 79.3 Å². The lowest BCUT2D eigenvalue weighted by Crippen LogP contribution is -2.45. The monoisotopic (exact) mass is 462 g/mol. The summed E-state index contributed by atoms with van der Waals surface area (Å²) in [5.74, 6) is 0.861. The van der Waals surface area contributed by atoms with E-state index < -0.39 is 0 Å². The number of carbonyl (C=O) groups is 1. The van der Waals surface area contributed by atoms with E-state index in [-0.39, 0.29) is 12.6 Å². The fraction of sp³-hybridized carbons (Fsp3) is 0.0435. The van der Waals surface area contributed by atoms with Crippen molar-refractivity contribution in [2.24, 2.45) is 0 Å². The molecule has 0 aliphatic carbocycles. The first-order chi connectivity index (χ1) is 15.6. The van der Waals surface area contributed by atoms with E-state index in [1.54, 1.807) is 41.7 Å². The van der Waals surface area contributed by atoms with E-state index in [1.165, 1.54) is 4.90 Å². The van der Waals surface area contributed by atoms with Crippen LogP contribution in [-0.4, -0.2) is 21.0 Å². The maximum Gasteiger partial charge on any atom is 0.335 e. The van der Waals surface area contributed by atoms with Crippen molar-refractivity contribution in [1.82, 2.24) is 15.0 Å². The molecule has 5 rings (SSSR count). The number of para-hydroxylation sites is 2. The number of fused-ring (bicyclic) bond motifs is 1. The maximum absolute atomic E-state index is 13.7. The molecule has 0 saturated heterocycles. The Balaban J connectivity index is 1.62. The normalized spacial score (nSPS) is 13.1. The lowest BCUT2D eigenvalue weighted by molar-refractivity contribution is 0.252. The smallest absolute Gasteiger partial charge is 0.324 e. The van der Waals surface area contributed by atoms with Gasteiger partial charge >= 0.3 is 6.03 Å². The van der Waals surface area contributed by atoms with Gasteiger partial charge in [-0.2, -0.15) is 4.98 Å². The molecule has 0 fully saturated rings. The summed E-state index contributed by atoms with van der Waals surface area (Å²) in [6, 6.07) is 17.8. The first-order valence-electron chi connectivity index (χ1n) is 9.75. The van der Waals surface area contributed by atoms with E-state index in [9.17, 15) is 4.79 Å². The number of rotatable bonds is 4. The van der Waals surface area contributed by atoms with E-state index >= 15 is 0 Å². The second kappa shape index (κ2) is 8.45. The van der Waals surface area contributed by atoms with Gasteiger partial charge in [0.25, 0.3) is 0 Å². The summed E-state index contributed by atoms with van der Waals surface area (Å²) in [5.41, 5.74) is 2.66. The molecule has 158 valence electrons. The fourth-order valence-electron chi connectivity index (χ4n) is 3.51. The van der Waals surface area contributed by atoms with Gasteiger partial charge in [-0.1, -0.05) is 47.5 Å². The van der Waals surface area contributed by atoms with Gasteiger partial charge in [0.2, 0.25) is 5.95 Å². The zero-order chi connectivity index (χ0) is 22.1. The van der Waals surface area contributed by atoms with Gasteiger partial charge in [-0.3, -0.25) is 9.88 Å². The van der Waals surface area contributed by atoms with Crippen LogP contribution < -0.4 is 15.1 Å². The Morgan fingerprint density at radius 2 is 1.62 bits per heavy atom. The number of aromatic nitrogens is 3. The van der Waals surface area contributed by atoms with Gasteiger partial charge in [0, 0.05) is 29.8 Å². The van der Waals surface area contributed by atoms with Gasteiger partial charge in [-0.05, 0) is 36.4 Å². The van der Waals surface area contributed by atoms with Gasteiger partial charge in [0.1, 0.15) is 0 Å². The summed E-state index contributed by atoms with van der Waals surface area (Å²) >= 11 is 12.8. The van der Waals surface area contributed by atoms with Crippen LogP contribution in [0, 0.1) is 0 Å². The molecule has 0 radical (unpaired) electrons. The molecule has 9 heteroatoms. The van der Waals surface area contributed by atoms with E-state index in [0.29, 0.717) is 33.2 Å². The number of halogens is 2. The number of nitrogens with one attached hydrogen (secondary N) is 1. The standard InChI is InChI=1S/C23H16Cl2N6O/c24-18-7-4-8-19(25)20(18)30-14-15-13-27-22(28-16-9-11-26-12-10-16)29-21(15)31(23(30)32)17-5-2-1-3-6-17/h1-13H,14H2,(H,26,27,28,29). The van der Waals surface area contributed by atoms with Gasteiger partial charge in [0.05, 0.1) is 28.0 Å². The number of pyridine rings is 1. The van der Waals surface area contributed by atoms with Gasteiger partial charge < -0.3 is 5.32 Å². The Morgan fingerprint density at radius 1 is 0.906 bits per heavy atom. The minimum Gasteiger partial charge on any atom is -0.324 e. The van der Waals surface area contributed by atoms with Crippen molar-refractivity contribution in [3.8, 4) is 0 Å². The molecule has 0 unspecified atom stereocenters. The molecule has 0 atom stereocenters. The van der Waals surface area contributed by atoms with Crippen molar-refractivity contribution < 1.29 is 4.79 Å². The second-order valence-electron chi connectivity index (χ2n) is 7.01. The Morgan fingerprint density at radius 3 is 2.34 bits per heavy atom. The number of anilines is 5. The fourth-order valence-corrected chi connectivity index (χ4v) is 4.11. The molecule has 0 bridgehead atoms. The molecule has 4 aromatic rings. The summed E-state index contributed by atoms with van der Waals surface area (Å²) in [4.78, 5) is 29.9. The minimum absolute atomic E-state index is 0.233. The molecule has 0 spiro atoms. The first kappa shape index (κ1) is 20.2. The zero-order valence-electron chi connectivity index (χ0n) is 16.6. The molecule has 2 aromatic carbocycles. The summed E-state index contributed by atoms with van der Waals surface area (Å²) in [7, 11) is 0. The van der Waals surface area contributed by atoms with Crippen LogP contribution in [0.1, 0.15) is 5.56 Å². The molecule has 2 aromatic heterocycles. The third-order valence-corrected chi connectivity index (χ3v) is 5.57. The van der Waals surface area contributed by atoms with Crippen LogP contribution in [0.3, 0.4) is 0 Å². The lowest BCUT2D eigenvalue weighted by atomic mass is 10.1. The Kier molecular flexibility index (Phi) is 5.34. The minimum atomic E-state index is -0.313. The summed E-state index contributed by atoms with van der Waals surface area (Å²) in [6.07, 6.45) is 5.05. The van der Waals surface area contributed by atoms with Crippen LogP contribution in [-0.2, 0) is 6.54 Å². The van der Waals surface area contributed by atoms with Crippen LogP contribution >= 0.6 is 23.2 Å². The number of amides is 2. The molecule has 2 amide bonds. The van der Waals surface area contributed by atoms with E-state index in [0.717, 1.165) is 11.3 Å². The highest BCUT2D eigenvalue weighted by Gasteiger charge is 2.36. The van der Waals surface area contributed by atoms with Crippen molar-refractivity contribution in [2.45, 2.75) is 6.54 Å². The molecule has 1 N–H and O–H groups in total. The van der Waals surface area contributed by atoms with Crippen LogP contribution in [0.4, 0.5) is 33.6 Å². The summed E-state index contributed by atoms with van der Waals surface area (Å²) in [5, 5.41) is 3.92. The van der Waals surface area contributed by atoms with Crippen molar-refractivity contribution in [3.05, 3.63) is 94.9 Å². The predicted molar refractivity (Wildman–Crippen MR) is 126 cm³/mol. The van der Waals surface area contributed by atoms with Crippen molar-refractivity contribution in [2.75, 3.05) is 15.1 Å². The molecule has 0 saturated carbocycles. The molecular weight excluding hydrogens is 447 g/mol. The number of nitrogens with zero attached hydrogens (tertiary/aromatic N) is 5. The quantitative estimate of drug-likeness (QED) is 0.390. The highest BCUT2D eigenvalue weighted by molar-refractivity contribution is 6.40. The van der Waals surface area contributed by atoms with E-state index in [2.05, 4.69) is 20.3 Å². The largest absolute Gasteiger partial charge is 0.335 e. The van der Waals surface area contributed by atoms with E-state index in [4.69, 9.17) is 23.2 Å². The molecule has 7 nitrogen and oxygen atoms in total. The Labute approximate surface area is 194 Å². The average Bonchev–Trinajstić information content (AvgIpc) is 2.81. The third kappa shape index (κ3) is 3.72. The topological polar surface area (TPSA) is 74.2 Å². The number of carbonyl (C=O) groups excluding carboxylic acids is 1. The SMILES string of the molecule is O=C1N(c2c(Cl)cccc2Cl)Cc2cnc(Nc3ccncc3)nc2N1c1ccccc1. The van der Waals surface area contributed by atoms with Gasteiger partial charge in [-0.15, -0.1) is 0 Å². The van der Waals surface area contributed by atoms with Crippen molar-refractivity contribution >= 4 is 58.1 Å². The van der Waals surface area contributed by atoms with Gasteiger partial charge in [0.15, 0.2) is 5.82 Å². The number of urea groups is 1. The second-order valence-corrected chi connectivity index (χ2v) is 7.83. The van der Waals surface area contributed by atoms with Crippen LogP contribution in [0.2, 0.25) is 10.0 Å². The van der Waals surface area contributed by atoms with Crippen LogP contribution in [0.5, 0.6) is 0 Å². The zero-order valence-corrected chi connectivity index (χ0v) is 18.1. The number of benzene rings is 2. The molecule has 3 heterocycles. The molecule has 32 heavy (non-hydrogen) atoms. The number of hydrogen-bond donors (Lipinski definition) is 1. The summed E-state index contributed by atoms with van der Waals surface area (Å²) < 4.78 is 0. The molecular formula is C23H16Cl2N6O. The lowest BCUT2D eigenvalue weighted by Gasteiger charge is -2.36. The molecule has 1 aliphatic heterocycles. The number of hydrogen-bond acceptors (Lipinski definition) is 5. The average molecular weight is 463 g/mol. The van der Waals surface area contributed by atoms with E-state index in [1.807, 2.05) is 42.5 Å². The van der Waals surface area contributed by atoms with Crippen LogP contribution in [0.25, 0.3) is 0 Å².